The van der Waals surface area contributed by atoms with Crippen LogP contribution in [0.2, 0.25) is 0 Å². The minimum atomic E-state index is -0.525. The predicted molar refractivity (Wildman–Crippen MR) is 101 cm³/mol. The molecule has 24 heavy (non-hydrogen) atoms. The SMILES string of the molecule is CC(NC(=O)c1cccs1)C(=O)NCCNC1CCCCCC1.Cl. The fourth-order valence-corrected chi connectivity index (χ4v) is 3.47. The third-order valence-corrected chi connectivity index (χ3v) is 5.07. The van der Waals surface area contributed by atoms with E-state index < -0.39 is 6.04 Å². The van der Waals surface area contributed by atoms with Crippen molar-refractivity contribution in [1.82, 2.24) is 16.0 Å². The first kappa shape index (κ1) is 20.9. The van der Waals surface area contributed by atoms with E-state index in [-0.39, 0.29) is 24.2 Å². The minimum absolute atomic E-state index is 0. The van der Waals surface area contributed by atoms with E-state index in [2.05, 4.69) is 16.0 Å². The monoisotopic (exact) mass is 373 g/mol. The Morgan fingerprint density at radius 1 is 1.21 bits per heavy atom. The van der Waals surface area contributed by atoms with Gasteiger partial charge in [-0.2, -0.15) is 0 Å². The highest BCUT2D eigenvalue weighted by Gasteiger charge is 2.17. The second-order valence-electron chi connectivity index (χ2n) is 6.11. The highest BCUT2D eigenvalue weighted by molar-refractivity contribution is 7.12. The molecule has 1 heterocycles. The maximum atomic E-state index is 12.0. The number of amides is 2. The zero-order valence-corrected chi connectivity index (χ0v) is 15.8. The first-order valence-electron chi connectivity index (χ1n) is 8.52. The van der Waals surface area contributed by atoms with Gasteiger partial charge in [-0.25, -0.2) is 0 Å². The van der Waals surface area contributed by atoms with Gasteiger partial charge in [0.25, 0.3) is 5.91 Å². The zero-order chi connectivity index (χ0) is 16.5. The molecular formula is C17H28ClN3O2S. The average molecular weight is 374 g/mol. The molecule has 0 spiro atoms. The molecule has 1 aromatic rings. The van der Waals surface area contributed by atoms with Gasteiger partial charge in [0.15, 0.2) is 0 Å². The first-order valence-corrected chi connectivity index (χ1v) is 9.40. The van der Waals surface area contributed by atoms with Crippen LogP contribution in [0.5, 0.6) is 0 Å². The van der Waals surface area contributed by atoms with Crippen LogP contribution in [0.25, 0.3) is 0 Å². The van der Waals surface area contributed by atoms with E-state index in [9.17, 15) is 9.59 Å². The Balaban J connectivity index is 0.00000288. The Hall–Kier alpha value is -1.11. The summed E-state index contributed by atoms with van der Waals surface area (Å²) < 4.78 is 0. The first-order chi connectivity index (χ1) is 11.2. The van der Waals surface area contributed by atoms with Crippen LogP contribution >= 0.6 is 23.7 Å². The van der Waals surface area contributed by atoms with Gasteiger partial charge in [-0.15, -0.1) is 23.7 Å². The van der Waals surface area contributed by atoms with Crippen molar-refractivity contribution >= 4 is 35.6 Å². The Bertz CT molecular complexity index is 488. The topological polar surface area (TPSA) is 70.2 Å². The van der Waals surface area contributed by atoms with Crippen LogP contribution in [0.4, 0.5) is 0 Å². The molecule has 5 nitrogen and oxygen atoms in total. The molecule has 1 aliphatic rings. The van der Waals surface area contributed by atoms with Crippen molar-refractivity contribution in [2.45, 2.75) is 57.5 Å². The molecule has 2 rings (SSSR count). The standard InChI is InChI=1S/C17H27N3O2S.ClH/c1-13(20-17(22)15-9-6-12-23-15)16(21)19-11-10-18-14-7-4-2-3-5-8-14;/h6,9,12-14,18H,2-5,7-8,10-11H2,1H3,(H,19,21)(H,20,22);1H. The lowest BCUT2D eigenvalue weighted by Crippen LogP contribution is -2.46. The fourth-order valence-electron chi connectivity index (χ4n) is 2.84. The third-order valence-electron chi connectivity index (χ3n) is 4.20. The van der Waals surface area contributed by atoms with E-state index in [1.54, 1.807) is 13.0 Å². The van der Waals surface area contributed by atoms with Gasteiger partial charge in [-0.1, -0.05) is 31.7 Å². The van der Waals surface area contributed by atoms with Gasteiger partial charge < -0.3 is 16.0 Å². The maximum Gasteiger partial charge on any atom is 0.261 e. The summed E-state index contributed by atoms with van der Waals surface area (Å²) in [5.74, 6) is -0.336. The molecule has 1 atom stereocenters. The molecule has 1 fully saturated rings. The van der Waals surface area contributed by atoms with Gasteiger partial charge in [0, 0.05) is 19.1 Å². The number of nitrogens with one attached hydrogen (secondary N) is 3. The number of carbonyl (C=O) groups is 2. The predicted octanol–water partition coefficient (Wildman–Crippen LogP) is 2.72. The summed E-state index contributed by atoms with van der Waals surface area (Å²) in [6.45, 7) is 3.08. The van der Waals surface area contributed by atoms with Crippen molar-refractivity contribution in [1.29, 1.82) is 0 Å². The molecule has 0 aromatic carbocycles. The van der Waals surface area contributed by atoms with Crippen molar-refractivity contribution in [2.24, 2.45) is 0 Å². The normalized spacial score (nSPS) is 16.5. The molecule has 0 saturated heterocycles. The smallest absolute Gasteiger partial charge is 0.261 e. The van der Waals surface area contributed by atoms with Gasteiger partial charge in [-0.05, 0) is 31.2 Å². The number of carbonyl (C=O) groups excluding carboxylic acids is 2. The van der Waals surface area contributed by atoms with Crippen LogP contribution in [0.15, 0.2) is 17.5 Å². The summed E-state index contributed by atoms with van der Waals surface area (Å²) >= 11 is 1.37. The lowest BCUT2D eigenvalue weighted by Gasteiger charge is -2.17. The Labute approximate surface area is 154 Å². The summed E-state index contributed by atoms with van der Waals surface area (Å²) in [6.07, 6.45) is 7.76. The van der Waals surface area contributed by atoms with Gasteiger partial charge >= 0.3 is 0 Å². The molecular weight excluding hydrogens is 346 g/mol. The lowest BCUT2D eigenvalue weighted by molar-refractivity contribution is -0.122. The molecule has 1 aliphatic carbocycles. The molecule has 2 amide bonds. The van der Waals surface area contributed by atoms with E-state index in [1.807, 2.05) is 11.4 Å². The molecule has 1 aromatic heterocycles. The van der Waals surface area contributed by atoms with E-state index in [0.29, 0.717) is 17.5 Å². The summed E-state index contributed by atoms with van der Waals surface area (Å²) in [6, 6.07) is 3.64. The largest absolute Gasteiger partial charge is 0.353 e. The minimum Gasteiger partial charge on any atom is -0.353 e. The van der Waals surface area contributed by atoms with Crippen LogP contribution in [-0.2, 0) is 4.79 Å². The number of rotatable bonds is 7. The summed E-state index contributed by atoms with van der Waals surface area (Å²) in [4.78, 5) is 24.5. The van der Waals surface area contributed by atoms with E-state index >= 15 is 0 Å². The molecule has 1 saturated carbocycles. The Morgan fingerprint density at radius 2 is 1.92 bits per heavy atom. The summed E-state index contributed by atoms with van der Waals surface area (Å²) in [7, 11) is 0. The second kappa shape index (κ2) is 11.4. The van der Waals surface area contributed by atoms with Crippen LogP contribution < -0.4 is 16.0 Å². The molecule has 1 unspecified atom stereocenters. The number of hydrogen-bond acceptors (Lipinski definition) is 4. The molecule has 0 bridgehead atoms. The van der Waals surface area contributed by atoms with Crippen LogP contribution in [0, 0.1) is 0 Å². The number of halogens is 1. The maximum absolute atomic E-state index is 12.0. The van der Waals surface area contributed by atoms with Gasteiger partial charge in [0.05, 0.1) is 4.88 Å². The van der Waals surface area contributed by atoms with Gasteiger partial charge in [0.1, 0.15) is 6.04 Å². The van der Waals surface area contributed by atoms with Gasteiger partial charge in [-0.3, -0.25) is 9.59 Å². The molecule has 0 radical (unpaired) electrons. The van der Waals surface area contributed by atoms with E-state index in [0.717, 1.165) is 6.54 Å². The lowest BCUT2D eigenvalue weighted by atomic mass is 10.1. The average Bonchev–Trinajstić information content (AvgIpc) is 2.96. The van der Waals surface area contributed by atoms with Gasteiger partial charge in [0.2, 0.25) is 5.91 Å². The second-order valence-corrected chi connectivity index (χ2v) is 7.05. The quantitative estimate of drug-likeness (QED) is 0.508. The highest BCUT2D eigenvalue weighted by atomic mass is 35.5. The fraction of sp³-hybridized carbons (Fsp3) is 0.647. The Kier molecular flexibility index (Phi) is 9.98. The van der Waals surface area contributed by atoms with Crippen molar-refractivity contribution in [3.8, 4) is 0 Å². The van der Waals surface area contributed by atoms with Crippen molar-refractivity contribution in [2.75, 3.05) is 13.1 Å². The van der Waals surface area contributed by atoms with E-state index in [1.165, 1.54) is 49.9 Å². The van der Waals surface area contributed by atoms with E-state index in [4.69, 9.17) is 0 Å². The molecule has 3 N–H and O–H groups in total. The molecule has 7 heteroatoms. The van der Waals surface area contributed by atoms with Crippen molar-refractivity contribution in [3.05, 3.63) is 22.4 Å². The Morgan fingerprint density at radius 3 is 2.54 bits per heavy atom. The van der Waals surface area contributed by atoms with Crippen LogP contribution in [0.3, 0.4) is 0 Å². The van der Waals surface area contributed by atoms with Crippen molar-refractivity contribution < 1.29 is 9.59 Å². The van der Waals surface area contributed by atoms with Crippen LogP contribution in [0.1, 0.15) is 55.1 Å². The van der Waals surface area contributed by atoms with Crippen LogP contribution in [-0.4, -0.2) is 37.0 Å². The molecule has 136 valence electrons. The number of hydrogen-bond donors (Lipinski definition) is 3. The zero-order valence-electron chi connectivity index (χ0n) is 14.2. The summed E-state index contributed by atoms with van der Waals surface area (Å²) in [5.41, 5.74) is 0. The highest BCUT2D eigenvalue weighted by Crippen LogP contribution is 2.16. The van der Waals surface area contributed by atoms with Crippen molar-refractivity contribution in [3.63, 3.8) is 0 Å². The molecule has 0 aliphatic heterocycles. The summed E-state index contributed by atoms with van der Waals surface area (Å²) in [5, 5.41) is 11.0. The number of thiophene rings is 1. The third kappa shape index (κ3) is 7.20.